The molecule has 19 heavy (non-hydrogen) atoms. The van der Waals surface area contributed by atoms with Gasteiger partial charge < -0.3 is 14.7 Å². The number of aliphatic hydroxyl groups is 1. The number of hydrogen-bond acceptors (Lipinski definition) is 5. The third-order valence-electron chi connectivity index (χ3n) is 3.00. The number of benzene rings is 1. The van der Waals surface area contributed by atoms with E-state index in [2.05, 4.69) is 22.6 Å². The van der Waals surface area contributed by atoms with Crippen molar-refractivity contribution in [3.63, 3.8) is 0 Å². The Balaban J connectivity index is 2.32. The number of nitro benzene ring substituents is 1. The molecule has 1 saturated heterocycles. The lowest BCUT2D eigenvalue weighted by atomic mass is 10.1. The molecule has 1 N–H and O–H groups in total. The Labute approximate surface area is 124 Å². The number of morpholine rings is 1. The van der Waals surface area contributed by atoms with Crippen LogP contribution in [0.25, 0.3) is 0 Å². The standard InChI is InChI=1S/C12H15IN2O4/c1-8-5-14(6-10(7-16)19-8)11-3-2-9(13)4-12(11)15(17)18/h2-4,8,10,16H,5-7H2,1H3. The molecule has 1 fully saturated rings. The maximum absolute atomic E-state index is 11.1. The van der Waals surface area contributed by atoms with E-state index in [0.717, 1.165) is 3.57 Å². The zero-order chi connectivity index (χ0) is 14.0. The molecule has 2 rings (SSSR count). The van der Waals surface area contributed by atoms with Crippen molar-refractivity contribution < 1.29 is 14.8 Å². The molecule has 0 saturated carbocycles. The summed E-state index contributed by atoms with van der Waals surface area (Å²) in [6.07, 6.45) is -0.368. The summed E-state index contributed by atoms with van der Waals surface area (Å²) in [5, 5.41) is 20.4. The summed E-state index contributed by atoms with van der Waals surface area (Å²) in [5.41, 5.74) is 0.678. The molecule has 6 nitrogen and oxygen atoms in total. The van der Waals surface area contributed by atoms with Crippen LogP contribution in [0.15, 0.2) is 18.2 Å². The maximum atomic E-state index is 11.1. The number of halogens is 1. The normalized spacial score (nSPS) is 23.4. The Morgan fingerprint density at radius 3 is 2.95 bits per heavy atom. The zero-order valence-corrected chi connectivity index (χ0v) is 12.6. The van der Waals surface area contributed by atoms with Gasteiger partial charge in [-0.25, -0.2) is 0 Å². The van der Waals surface area contributed by atoms with E-state index in [0.29, 0.717) is 18.8 Å². The van der Waals surface area contributed by atoms with Gasteiger partial charge >= 0.3 is 0 Å². The number of aliphatic hydroxyl groups excluding tert-OH is 1. The number of ether oxygens (including phenoxy) is 1. The SMILES string of the molecule is CC1CN(c2ccc(I)cc2[N+](=O)[O-])CC(CO)O1. The molecule has 1 heterocycles. The van der Waals surface area contributed by atoms with Crippen LogP contribution >= 0.6 is 22.6 Å². The fourth-order valence-electron chi connectivity index (χ4n) is 2.25. The van der Waals surface area contributed by atoms with Crippen LogP contribution in [0.5, 0.6) is 0 Å². The summed E-state index contributed by atoms with van der Waals surface area (Å²) in [6.45, 7) is 2.85. The molecule has 7 heteroatoms. The van der Waals surface area contributed by atoms with Crippen LogP contribution in [0.2, 0.25) is 0 Å². The van der Waals surface area contributed by atoms with E-state index in [1.165, 1.54) is 0 Å². The van der Waals surface area contributed by atoms with Crippen LogP contribution in [0, 0.1) is 13.7 Å². The highest BCUT2D eigenvalue weighted by atomic mass is 127. The van der Waals surface area contributed by atoms with Crippen LogP contribution in [0.4, 0.5) is 11.4 Å². The quantitative estimate of drug-likeness (QED) is 0.493. The van der Waals surface area contributed by atoms with E-state index < -0.39 is 0 Å². The Bertz CT molecular complexity index is 483. The van der Waals surface area contributed by atoms with Crippen molar-refractivity contribution in [3.05, 3.63) is 31.9 Å². The van der Waals surface area contributed by atoms with Gasteiger partial charge in [0.1, 0.15) is 5.69 Å². The van der Waals surface area contributed by atoms with Gasteiger partial charge in [-0.05, 0) is 41.6 Å². The molecule has 2 atom stereocenters. The van der Waals surface area contributed by atoms with Gasteiger partial charge in [-0.3, -0.25) is 10.1 Å². The first-order valence-electron chi connectivity index (χ1n) is 5.96. The van der Waals surface area contributed by atoms with E-state index in [1.54, 1.807) is 12.1 Å². The van der Waals surface area contributed by atoms with Crippen LogP contribution in [-0.4, -0.2) is 41.9 Å². The second-order valence-corrected chi connectivity index (χ2v) is 5.79. The highest BCUT2D eigenvalue weighted by Gasteiger charge is 2.29. The first-order valence-corrected chi connectivity index (χ1v) is 7.04. The lowest BCUT2D eigenvalue weighted by Gasteiger charge is -2.37. The van der Waals surface area contributed by atoms with Gasteiger partial charge in [0.2, 0.25) is 0 Å². The first kappa shape index (κ1) is 14.5. The summed E-state index contributed by atoms with van der Waals surface area (Å²) in [7, 11) is 0. The van der Waals surface area contributed by atoms with E-state index in [1.807, 2.05) is 17.9 Å². The van der Waals surface area contributed by atoms with Crippen molar-refractivity contribution in [2.75, 3.05) is 24.6 Å². The van der Waals surface area contributed by atoms with Gasteiger partial charge in [0, 0.05) is 22.7 Å². The molecule has 0 radical (unpaired) electrons. The van der Waals surface area contributed by atoms with Gasteiger partial charge in [-0.15, -0.1) is 0 Å². The topological polar surface area (TPSA) is 75.8 Å². The Kier molecular flexibility index (Phi) is 4.58. The largest absolute Gasteiger partial charge is 0.394 e. The Morgan fingerprint density at radius 1 is 1.58 bits per heavy atom. The van der Waals surface area contributed by atoms with Crippen LogP contribution in [0.3, 0.4) is 0 Å². The first-order chi connectivity index (χ1) is 9.01. The minimum atomic E-state index is -0.369. The van der Waals surface area contributed by atoms with Crippen molar-refractivity contribution in [1.82, 2.24) is 0 Å². The number of hydrogen-bond donors (Lipinski definition) is 1. The molecule has 0 aromatic heterocycles. The lowest BCUT2D eigenvalue weighted by Crippen LogP contribution is -2.48. The monoisotopic (exact) mass is 378 g/mol. The fraction of sp³-hybridized carbons (Fsp3) is 0.500. The zero-order valence-electron chi connectivity index (χ0n) is 10.5. The summed E-state index contributed by atoms with van der Waals surface area (Å²) >= 11 is 2.05. The molecular weight excluding hydrogens is 363 g/mol. The van der Waals surface area contributed by atoms with Crippen LogP contribution < -0.4 is 4.90 Å². The van der Waals surface area contributed by atoms with Crippen molar-refractivity contribution in [3.8, 4) is 0 Å². The highest BCUT2D eigenvalue weighted by molar-refractivity contribution is 14.1. The van der Waals surface area contributed by atoms with Gasteiger partial charge in [-0.1, -0.05) is 0 Å². The fourth-order valence-corrected chi connectivity index (χ4v) is 2.73. The Morgan fingerprint density at radius 2 is 2.32 bits per heavy atom. The van der Waals surface area contributed by atoms with Crippen molar-refractivity contribution in [1.29, 1.82) is 0 Å². The van der Waals surface area contributed by atoms with Gasteiger partial charge in [0.05, 0.1) is 23.7 Å². The number of nitro groups is 1. The smallest absolute Gasteiger partial charge is 0.293 e. The predicted octanol–water partition coefficient (Wildman–Crippen LogP) is 1.79. The minimum Gasteiger partial charge on any atom is -0.394 e. The predicted molar refractivity (Wildman–Crippen MR) is 79.4 cm³/mol. The minimum absolute atomic E-state index is 0.0650. The molecule has 0 aliphatic carbocycles. The van der Waals surface area contributed by atoms with E-state index in [9.17, 15) is 15.2 Å². The molecule has 0 spiro atoms. The summed E-state index contributed by atoms with van der Waals surface area (Å²) < 4.78 is 6.38. The Hall–Kier alpha value is -0.930. The average Bonchev–Trinajstić information content (AvgIpc) is 2.37. The molecule has 1 aromatic rings. The lowest BCUT2D eigenvalue weighted by molar-refractivity contribution is -0.384. The number of nitrogens with zero attached hydrogens (tertiary/aromatic N) is 2. The van der Waals surface area contributed by atoms with Crippen molar-refractivity contribution in [2.45, 2.75) is 19.1 Å². The molecule has 1 aliphatic heterocycles. The van der Waals surface area contributed by atoms with Gasteiger partial charge in [-0.2, -0.15) is 0 Å². The van der Waals surface area contributed by atoms with Gasteiger partial charge in [0.25, 0.3) is 5.69 Å². The maximum Gasteiger partial charge on any atom is 0.293 e. The second kappa shape index (κ2) is 6.02. The van der Waals surface area contributed by atoms with Crippen LogP contribution in [-0.2, 0) is 4.74 Å². The molecule has 1 aromatic carbocycles. The summed E-state index contributed by atoms with van der Waals surface area (Å²) in [5.74, 6) is 0. The van der Waals surface area contributed by atoms with Gasteiger partial charge in [0.15, 0.2) is 0 Å². The summed E-state index contributed by atoms with van der Waals surface area (Å²) in [4.78, 5) is 12.7. The highest BCUT2D eigenvalue weighted by Crippen LogP contribution is 2.31. The van der Waals surface area contributed by atoms with E-state index in [4.69, 9.17) is 4.74 Å². The third-order valence-corrected chi connectivity index (χ3v) is 3.68. The molecule has 2 unspecified atom stereocenters. The molecule has 0 bridgehead atoms. The van der Waals surface area contributed by atoms with Crippen LogP contribution in [0.1, 0.15) is 6.92 Å². The van der Waals surface area contributed by atoms with Crippen molar-refractivity contribution >= 4 is 34.0 Å². The summed E-state index contributed by atoms with van der Waals surface area (Å²) in [6, 6.07) is 5.16. The third kappa shape index (κ3) is 3.34. The molecule has 0 amide bonds. The molecule has 1 aliphatic rings. The van der Waals surface area contributed by atoms with E-state index in [-0.39, 0.29) is 29.4 Å². The second-order valence-electron chi connectivity index (χ2n) is 4.55. The van der Waals surface area contributed by atoms with Crippen molar-refractivity contribution in [2.24, 2.45) is 0 Å². The van der Waals surface area contributed by atoms with E-state index >= 15 is 0 Å². The number of anilines is 1. The molecular formula is C12H15IN2O4. The number of rotatable bonds is 3. The molecule has 104 valence electrons. The average molecular weight is 378 g/mol.